The molecule has 1 atom stereocenters. The monoisotopic (exact) mass is 336 g/mol. The quantitative estimate of drug-likeness (QED) is 0.564. The largest absolute Gasteiger partial charge is 0.497 e. The molecule has 1 aromatic carbocycles. The lowest BCUT2D eigenvalue weighted by molar-refractivity contribution is -0.120. The Balaban J connectivity index is 1.94. The van der Waals surface area contributed by atoms with Crippen molar-refractivity contribution in [2.75, 3.05) is 27.4 Å². The molecular weight excluding hydrogens is 316 g/mol. The molecule has 0 fully saturated rings. The Hall–Kier alpha value is -2.06. The topological polar surface area (TPSA) is 89.1 Å². The van der Waals surface area contributed by atoms with Crippen LogP contribution in [0.1, 0.15) is 6.92 Å². The van der Waals surface area contributed by atoms with Crippen LogP contribution in [0.2, 0.25) is 0 Å². The van der Waals surface area contributed by atoms with Gasteiger partial charge in [0.15, 0.2) is 5.82 Å². The van der Waals surface area contributed by atoms with E-state index in [1.54, 1.807) is 14.2 Å². The number of rotatable bonds is 8. The molecule has 7 nitrogen and oxygen atoms in total. The Kier molecular flexibility index (Phi) is 6.42. The van der Waals surface area contributed by atoms with Crippen molar-refractivity contribution in [1.29, 1.82) is 0 Å². The smallest absolute Gasteiger partial charge is 0.233 e. The van der Waals surface area contributed by atoms with Crippen LogP contribution in [0.4, 0.5) is 0 Å². The minimum Gasteiger partial charge on any atom is -0.497 e. The SMILES string of the molecule is COCCNC(=O)[C@H](C)Sc1n[nH]c(-c2ccc(OC)cc2)n1. The van der Waals surface area contributed by atoms with Crippen molar-refractivity contribution in [1.82, 2.24) is 20.5 Å². The molecule has 0 saturated heterocycles. The number of nitrogens with zero attached hydrogens (tertiary/aromatic N) is 2. The fourth-order valence-electron chi connectivity index (χ4n) is 1.81. The van der Waals surface area contributed by atoms with Crippen LogP contribution in [0.3, 0.4) is 0 Å². The van der Waals surface area contributed by atoms with Crippen LogP contribution < -0.4 is 10.1 Å². The van der Waals surface area contributed by atoms with E-state index in [1.165, 1.54) is 11.8 Å². The summed E-state index contributed by atoms with van der Waals surface area (Å²) in [6.07, 6.45) is 0. The van der Waals surface area contributed by atoms with Gasteiger partial charge in [-0.1, -0.05) is 11.8 Å². The zero-order chi connectivity index (χ0) is 16.7. The van der Waals surface area contributed by atoms with Gasteiger partial charge in [0.2, 0.25) is 11.1 Å². The van der Waals surface area contributed by atoms with Gasteiger partial charge in [0, 0.05) is 19.2 Å². The van der Waals surface area contributed by atoms with Crippen molar-refractivity contribution in [3.05, 3.63) is 24.3 Å². The maximum absolute atomic E-state index is 11.9. The summed E-state index contributed by atoms with van der Waals surface area (Å²) in [5.41, 5.74) is 0.905. The van der Waals surface area contributed by atoms with Gasteiger partial charge in [-0.05, 0) is 31.2 Å². The third-order valence-electron chi connectivity index (χ3n) is 3.09. The van der Waals surface area contributed by atoms with E-state index in [2.05, 4.69) is 20.5 Å². The molecule has 0 bridgehead atoms. The molecule has 0 aliphatic carbocycles. The summed E-state index contributed by atoms with van der Waals surface area (Å²) in [7, 11) is 3.22. The van der Waals surface area contributed by atoms with Gasteiger partial charge in [-0.15, -0.1) is 5.10 Å². The van der Waals surface area contributed by atoms with Crippen molar-refractivity contribution >= 4 is 17.7 Å². The fourth-order valence-corrected chi connectivity index (χ4v) is 2.56. The summed E-state index contributed by atoms with van der Waals surface area (Å²) in [4.78, 5) is 16.3. The summed E-state index contributed by atoms with van der Waals surface area (Å²) in [6, 6.07) is 7.51. The summed E-state index contributed by atoms with van der Waals surface area (Å²) in [5, 5.41) is 10.1. The number of benzene rings is 1. The number of nitrogens with one attached hydrogen (secondary N) is 2. The fraction of sp³-hybridized carbons (Fsp3) is 0.400. The van der Waals surface area contributed by atoms with E-state index in [-0.39, 0.29) is 11.2 Å². The van der Waals surface area contributed by atoms with Gasteiger partial charge >= 0.3 is 0 Å². The number of aromatic amines is 1. The molecule has 23 heavy (non-hydrogen) atoms. The van der Waals surface area contributed by atoms with E-state index in [1.807, 2.05) is 31.2 Å². The average Bonchev–Trinajstić information content (AvgIpc) is 3.03. The number of thioether (sulfide) groups is 1. The Bertz CT molecular complexity index is 630. The molecule has 0 spiro atoms. The highest BCUT2D eigenvalue weighted by atomic mass is 32.2. The van der Waals surface area contributed by atoms with E-state index < -0.39 is 0 Å². The average molecular weight is 336 g/mol. The van der Waals surface area contributed by atoms with Crippen LogP contribution in [0.25, 0.3) is 11.4 Å². The molecule has 2 rings (SSSR count). The van der Waals surface area contributed by atoms with Crippen molar-refractivity contribution in [2.45, 2.75) is 17.3 Å². The number of hydrogen-bond donors (Lipinski definition) is 2. The first-order valence-electron chi connectivity index (χ1n) is 7.14. The van der Waals surface area contributed by atoms with E-state index >= 15 is 0 Å². The highest BCUT2D eigenvalue weighted by molar-refractivity contribution is 8.00. The lowest BCUT2D eigenvalue weighted by Gasteiger charge is -2.09. The van der Waals surface area contributed by atoms with E-state index in [4.69, 9.17) is 9.47 Å². The second-order valence-electron chi connectivity index (χ2n) is 4.74. The van der Waals surface area contributed by atoms with Gasteiger partial charge in [0.1, 0.15) is 5.75 Å². The Morgan fingerprint density at radius 3 is 2.74 bits per heavy atom. The van der Waals surface area contributed by atoms with Crippen LogP contribution >= 0.6 is 11.8 Å². The molecule has 124 valence electrons. The zero-order valence-corrected chi connectivity index (χ0v) is 14.1. The van der Waals surface area contributed by atoms with Crippen LogP contribution in [-0.4, -0.2) is 53.7 Å². The Labute approximate surface area is 139 Å². The molecule has 0 saturated carbocycles. The molecular formula is C15H20N4O3S. The molecule has 2 aromatic rings. The first kappa shape index (κ1) is 17.3. The lowest BCUT2D eigenvalue weighted by Crippen LogP contribution is -2.33. The minimum absolute atomic E-state index is 0.0668. The van der Waals surface area contributed by atoms with Crippen LogP contribution in [0.5, 0.6) is 5.75 Å². The number of amides is 1. The summed E-state index contributed by atoms with van der Waals surface area (Å²) >= 11 is 1.30. The second-order valence-corrected chi connectivity index (χ2v) is 6.05. The van der Waals surface area contributed by atoms with Gasteiger partial charge < -0.3 is 14.8 Å². The molecule has 1 amide bonds. The molecule has 1 heterocycles. The van der Waals surface area contributed by atoms with E-state index in [0.29, 0.717) is 24.1 Å². The maximum Gasteiger partial charge on any atom is 0.233 e. The zero-order valence-electron chi connectivity index (χ0n) is 13.3. The first-order valence-corrected chi connectivity index (χ1v) is 8.02. The molecule has 2 N–H and O–H groups in total. The molecule has 0 aliphatic rings. The van der Waals surface area contributed by atoms with Gasteiger partial charge in [0.25, 0.3) is 0 Å². The molecule has 0 aliphatic heterocycles. The van der Waals surface area contributed by atoms with E-state index in [9.17, 15) is 4.79 Å². The van der Waals surface area contributed by atoms with Crippen LogP contribution in [0, 0.1) is 0 Å². The molecule has 0 radical (unpaired) electrons. The van der Waals surface area contributed by atoms with Gasteiger partial charge in [0.05, 0.1) is 19.0 Å². The van der Waals surface area contributed by atoms with E-state index in [0.717, 1.165) is 11.3 Å². The van der Waals surface area contributed by atoms with Crippen molar-refractivity contribution in [3.63, 3.8) is 0 Å². The summed E-state index contributed by atoms with van der Waals surface area (Å²) in [6.45, 7) is 2.80. The lowest BCUT2D eigenvalue weighted by atomic mass is 10.2. The number of carbonyl (C=O) groups excluding carboxylic acids is 1. The molecule has 8 heteroatoms. The van der Waals surface area contributed by atoms with Gasteiger partial charge in [-0.3, -0.25) is 9.89 Å². The number of methoxy groups -OCH3 is 2. The number of H-pyrrole nitrogens is 1. The van der Waals surface area contributed by atoms with Crippen LogP contribution in [-0.2, 0) is 9.53 Å². The Morgan fingerprint density at radius 1 is 1.35 bits per heavy atom. The number of aromatic nitrogens is 3. The molecule has 0 unspecified atom stereocenters. The summed E-state index contributed by atoms with van der Waals surface area (Å²) in [5.74, 6) is 1.37. The van der Waals surface area contributed by atoms with Gasteiger partial charge in [-0.2, -0.15) is 0 Å². The predicted octanol–water partition coefficient (Wildman–Crippen LogP) is 1.72. The standard InChI is InChI=1S/C15H20N4O3S/c1-10(14(20)16-8-9-21-2)23-15-17-13(18-19-15)11-4-6-12(22-3)7-5-11/h4-7,10H,8-9H2,1-3H3,(H,16,20)(H,17,18,19)/t10-/m0/s1. The highest BCUT2D eigenvalue weighted by Gasteiger charge is 2.17. The number of carbonyl (C=O) groups is 1. The third-order valence-corrected chi connectivity index (χ3v) is 4.05. The van der Waals surface area contributed by atoms with Gasteiger partial charge in [-0.25, -0.2) is 4.98 Å². The predicted molar refractivity (Wildman–Crippen MR) is 88.6 cm³/mol. The maximum atomic E-state index is 11.9. The minimum atomic E-state index is -0.286. The number of hydrogen-bond acceptors (Lipinski definition) is 6. The Morgan fingerprint density at radius 2 is 2.09 bits per heavy atom. The summed E-state index contributed by atoms with van der Waals surface area (Å²) < 4.78 is 10.0. The first-order chi connectivity index (χ1) is 11.1. The normalized spacial score (nSPS) is 12.0. The van der Waals surface area contributed by atoms with Crippen molar-refractivity contribution in [3.8, 4) is 17.1 Å². The molecule has 1 aromatic heterocycles. The third kappa shape index (κ3) is 4.97. The van der Waals surface area contributed by atoms with Crippen LogP contribution in [0.15, 0.2) is 29.4 Å². The second kappa shape index (κ2) is 8.54. The number of ether oxygens (including phenoxy) is 2. The highest BCUT2D eigenvalue weighted by Crippen LogP contribution is 2.24. The van der Waals surface area contributed by atoms with Crippen molar-refractivity contribution in [2.24, 2.45) is 0 Å². The van der Waals surface area contributed by atoms with Crippen molar-refractivity contribution < 1.29 is 14.3 Å².